The second-order valence-electron chi connectivity index (χ2n) is 7.60. The zero-order valence-electron chi connectivity index (χ0n) is 15.9. The van der Waals surface area contributed by atoms with Crippen LogP contribution in [0.5, 0.6) is 0 Å². The molecule has 0 bridgehead atoms. The van der Waals surface area contributed by atoms with Crippen LogP contribution in [-0.4, -0.2) is 64.9 Å². The van der Waals surface area contributed by atoms with E-state index in [-0.39, 0.29) is 23.8 Å². The normalized spacial score (nSPS) is 16.1. The van der Waals surface area contributed by atoms with E-state index in [1.165, 1.54) is 18.2 Å². The highest BCUT2D eigenvalue weighted by Crippen LogP contribution is 2.20. The zero-order valence-corrected chi connectivity index (χ0v) is 15.9. The van der Waals surface area contributed by atoms with Gasteiger partial charge in [-0.2, -0.15) is 0 Å². The van der Waals surface area contributed by atoms with E-state index >= 15 is 0 Å². The van der Waals surface area contributed by atoms with Crippen LogP contribution < -0.4 is 5.73 Å². The lowest BCUT2D eigenvalue weighted by atomic mass is 10.0. The first kappa shape index (κ1) is 20.8. The second-order valence-corrected chi connectivity index (χ2v) is 7.60. The molecule has 0 radical (unpaired) electrons. The number of carbonyl (C=O) groups is 2. The van der Waals surface area contributed by atoms with E-state index in [0.717, 1.165) is 0 Å². The maximum Gasteiger partial charge on any atom is 0.320 e. The summed E-state index contributed by atoms with van der Waals surface area (Å²) >= 11 is 0. The molecule has 0 aromatic heterocycles. The maximum absolute atomic E-state index is 11.9. The van der Waals surface area contributed by atoms with E-state index in [1.54, 1.807) is 0 Å². The molecular formula is C18H26N4O5. The van der Waals surface area contributed by atoms with Crippen molar-refractivity contribution in [2.75, 3.05) is 32.7 Å². The topological polar surface area (TPSA) is 119 Å². The van der Waals surface area contributed by atoms with E-state index in [9.17, 15) is 19.7 Å². The molecule has 148 valence electrons. The van der Waals surface area contributed by atoms with Gasteiger partial charge in [0.1, 0.15) is 5.60 Å². The minimum Gasteiger partial charge on any atom is -0.459 e. The fraction of sp³-hybridized carbons (Fsp3) is 0.556. The summed E-state index contributed by atoms with van der Waals surface area (Å²) in [6.45, 7) is 8.79. The van der Waals surface area contributed by atoms with Gasteiger partial charge in [-0.1, -0.05) is 0 Å². The molecule has 1 saturated heterocycles. The molecule has 0 aliphatic carbocycles. The summed E-state index contributed by atoms with van der Waals surface area (Å²) in [6, 6.07) is 4.07. The van der Waals surface area contributed by atoms with Crippen LogP contribution >= 0.6 is 0 Å². The first-order valence-corrected chi connectivity index (χ1v) is 8.79. The van der Waals surface area contributed by atoms with Gasteiger partial charge < -0.3 is 10.5 Å². The SMILES string of the molecule is CC(C)(C)OC(=O)CN1CCN(Cc2cc([N+](=O)[O-])ccc2C(N)=O)CC1. The number of nitrogens with zero attached hydrogens (tertiary/aromatic N) is 3. The summed E-state index contributed by atoms with van der Waals surface area (Å²) in [5, 5.41) is 11.0. The molecule has 0 unspecified atom stereocenters. The van der Waals surface area contributed by atoms with Gasteiger partial charge in [-0.05, 0) is 32.4 Å². The van der Waals surface area contributed by atoms with Crippen LogP contribution in [0.1, 0.15) is 36.7 Å². The number of primary amides is 1. The van der Waals surface area contributed by atoms with Crippen molar-refractivity contribution in [1.82, 2.24) is 9.80 Å². The number of piperazine rings is 1. The first-order chi connectivity index (χ1) is 12.5. The zero-order chi connectivity index (χ0) is 20.2. The molecule has 1 aromatic rings. The Bertz CT molecular complexity index is 721. The summed E-state index contributed by atoms with van der Waals surface area (Å²) in [5.74, 6) is -0.867. The van der Waals surface area contributed by atoms with Crippen LogP contribution in [0.3, 0.4) is 0 Å². The van der Waals surface area contributed by atoms with Gasteiger partial charge in [-0.15, -0.1) is 0 Å². The fourth-order valence-corrected chi connectivity index (χ4v) is 2.97. The maximum atomic E-state index is 11.9. The summed E-state index contributed by atoms with van der Waals surface area (Å²) in [5.41, 5.74) is 5.64. The lowest BCUT2D eigenvalue weighted by Gasteiger charge is -2.34. The van der Waals surface area contributed by atoms with Gasteiger partial charge in [-0.3, -0.25) is 29.5 Å². The van der Waals surface area contributed by atoms with E-state index < -0.39 is 16.4 Å². The smallest absolute Gasteiger partial charge is 0.320 e. The van der Waals surface area contributed by atoms with Gasteiger partial charge in [-0.25, -0.2) is 0 Å². The Hall–Kier alpha value is -2.52. The van der Waals surface area contributed by atoms with E-state index in [2.05, 4.69) is 4.90 Å². The number of rotatable bonds is 6. The van der Waals surface area contributed by atoms with Crippen LogP contribution in [0.4, 0.5) is 5.69 Å². The van der Waals surface area contributed by atoms with Crippen LogP contribution in [-0.2, 0) is 16.1 Å². The molecule has 2 N–H and O–H groups in total. The molecule has 9 heteroatoms. The monoisotopic (exact) mass is 378 g/mol. The lowest BCUT2D eigenvalue weighted by Crippen LogP contribution is -2.48. The Balaban J connectivity index is 1.95. The summed E-state index contributed by atoms with van der Waals surface area (Å²) in [6.07, 6.45) is 0. The summed E-state index contributed by atoms with van der Waals surface area (Å²) in [4.78, 5) is 38.1. The number of nitrogens with two attached hydrogens (primary N) is 1. The molecular weight excluding hydrogens is 352 g/mol. The van der Waals surface area contributed by atoms with Crippen molar-refractivity contribution >= 4 is 17.6 Å². The number of hydrogen-bond donors (Lipinski definition) is 1. The van der Waals surface area contributed by atoms with Crippen molar-refractivity contribution in [1.29, 1.82) is 0 Å². The van der Waals surface area contributed by atoms with Crippen molar-refractivity contribution in [2.45, 2.75) is 32.9 Å². The highest BCUT2D eigenvalue weighted by atomic mass is 16.6. The third kappa shape index (κ3) is 6.30. The summed E-state index contributed by atoms with van der Waals surface area (Å²) < 4.78 is 5.33. The lowest BCUT2D eigenvalue weighted by molar-refractivity contribution is -0.384. The molecule has 1 aliphatic rings. The number of nitro groups is 1. The number of benzene rings is 1. The number of non-ortho nitro benzene ring substituents is 1. The van der Waals surface area contributed by atoms with Crippen LogP contribution in [0.2, 0.25) is 0 Å². The second kappa shape index (κ2) is 8.45. The highest BCUT2D eigenvalue weighted by Gasteiger charge is 2.24. The Morgan fingerprint density at radius 2 is 1.78 bits per heavy atom. The molecule has 1 amide bonds. The van der Waals surface area contributed by atoms with Crippen molar-refractivity contribution in [2.24, 2.45) is 5.73 Å². The van der Waals surface area contributed by atoms with E-state index in [1.807, 2.05) is 25.7 Å². The van der Waals surface area contributed by atoms with Gasteiger partial charge >= 0.3 is 5.97 Å². The minimum absolute atomic E-state index is 0.0708. The van der Waals surface area contributed by atoms with Crippen molar-refractivity contribution in [3.05, 3.63) is 39.4 Å². The van der Waals surface area contributed by atoms with Gasteiger partial charge in [0.2, 0.25) is 5.91 Å². The number of ether oxygens (including phenoxy) is 1. The Morgan fingerprint density at radius 3 is 2.30 bits per heavy atom. The Kier molecular flexibility index (Phi) is 6.50. The van der Waals surface area contributed by atoms with Gasteiger partial charge in [0.05, 0.1) is 11.5 Å². The predicted octanol–water partition coefficient (Wildman–Crippen LogP) is 1.15. The first-order valence-electron chi connectivity index (χ1n) is 8.79. The van der Waals surface area contributed by atoms with E-state index in [0.29, 0.717) is 38.3 Å². The number of carbonyl (C=O) groups excluding carboxylic acids is 2. The molecule has 1 aromatic carbocycles. The average Bonchev–Trinajstić information content (AvgIpc) is 2.54. The van der Waals surface area contributed by atoms with Crippen LogP contribution in [0, 0.1) is 10.1 Å². The largest absolute Gasteiger partial charge is 0.459 e. The molecule has 27 heavy (non-hydrogen) atoms. The molecule has 1 heterocycles. The predicted molar refractivity (Wildman–Crippen MR) is 99.2 cm³/mol. The van der Waals surface area contributed by atoms with Gasteiger partial charge in [0, 0.05) is 50.4 Å². The molecule has 1 aliphatic heterocycles. The van der Waals surface area contributed by atoms with Gasteiger partial charge in [0.15, 0.2) is 0 Å². The van der Waals surface area contributed by atoms with Crippen molar-refractivity contribution < 1.29 is 19.2 Å². The number of hydrogen-bond acceptors (Lipinski definition) is 7. The Labute approximate surface area is 158 Å². The third-order valence-corrected chi connectivity index (χ3v) is 4.20. The summed E-state index contributed by atoms with van der Waals surface area (Å²) in [7, 11) is 0. The standard InChI is InChI=1S/C18H26N4O5/c1-18(2,3)27-16(23)12-21-8-6-20(7-9-21)11-13-10-14(22(25)26)4-5-15(13)17(19)24/h4-5,10H,6-9,11-12H2,1-3H3,(H2,19,24). The van der Waals surface area contributed by atoms with Crippen molar-refractivity contribution in [3.8, 4) is 0 Å². The van der Waals surface area contributed by atoms with Gasteiger partial charge in [0.25, 0.3) is 5.69 Å². The molecule has 1 fully saturated rings. The van der Waals surface area contributed by atoms with Crippen LogP contribution in [0.25, 0.3) is 0 Å². The average molecular weight is 378 g/mol. The highest BCUT2D eigenvalue weighted by molar-refractivity contribution is 5.94. The van der Waals surface area contributed by atoms with Crippen LogP contribution in [0.15, 0.2) is 18.2 Å². The number of nitro benzene ring substituents is 1. The molecule has 0 saturated carbocycles. The fourth-order valence-electron chi connectivity index (χ4n) is 2.97. The third-order valence-electron chi connectivity index (χ3n) is 4.20. The molecule has 0 atom stereocenters. The molecule has 9 nitrogen and oxygen atoms in total. The van der Waals surface area contributed by atoms with Crippen molar-refractivity contribution in [3.63, 3.8) is 0 Å². The Morgan fingerprint density at radius 1 is 1.19 bits per heavy atom. The van der Waals surface area contributed by atoms with E-state index in [4.69, 9.17) is 10.5 Å². The number of amides is 1. The molecule has 2 rings (SSSR count). The minimum atomic E-state index is -0.608. The molecule has 0 spiro atoms. The number of esters is 1. The quantitative estimate of drug-likeness (QED) is 0.448.